The maximum atomic E-state index is 12.1. The van der Waals surface area contributed by atoms with Crippen molar-refractivity contribution in [2.45, 2.75) is 6.92 Å². The van der Waals surface area contributed by atoms with Crippen LogP contribution in [0.1, 0.15) is 5.56 Å². The average Bonchev–Trinajstić information content (AvgIpc) is 2.52. The van der Waals surface area contributed by atoms with Crippen molar-refractivity contribution in [2.24, 2.45) is 0 Å². The summed E-state index contributed by atoms with van der Waals surface area (Å²) in [4.78, 5) is 24.9. The highest BCUT2D eigenvalue weighted by molar-refractivity contribution is 6.34. The molecule has 1 atom stereocenters. The molecular weight excluding hydrogens is 361 g/mol. The number of carbonyl (C=O) groups excluding carboxylic acids is 2. The molecule has 0 aliphatic carbocycles. The minimum atomic E-state index is -0.216. The van der Waals surface area contributed by atoms with Gasteiger partial charge in [-0.1, -0.05) is 41.4 Å². The minimum absolute atomic E-state index is 0.139. The van der Waals surface area contributed by atoms with Crippen LogP contribution >= 0.6 is 23.2 Å². The third kappa shape index (κ3) is 6.05. The molecule has 1 unspecified atom stereocenters. The van der Waals surface area contributed by atoms with Crippen LogP contribution in [0.25, 0.3) is 0 Å². The third-order valence-electron chi connectivity index (χ3n) is 3.47. The number of carbonyl (C=O) groups is 2. The summed E-state index contributed by atoms with van der Waals surface area (Å²) in [6, 6.07) is 12.4. The normalized spacial score (nSPS) is 11.7. The molecule has 132 valence electrons. The van der Waals surface area contributed by atoms with Crippen LogP contribution in [-0.2, 0) is 9.59 Å². The Balaban J connectivity index is 1.84. The topological polar surface area (TPSA) is 62.6 Å². The number of benzene rings is 2. The molecule has 7 heteroatoms. The van der Waals surface area contributed by atoms with E-state index in [1.807, 2.05) is 13.0 Å². The fourth-order valence-electron chi connectivity index (χ4n) is 2.28. The molecule has 0 spiro atoms. The number of halogens is 2. The van der Waals surface area contributed by atoms with E-state index in [0.29, 0.717) is 21.4 Å². The molecule has 5 nitrogen and oxygen atoms in total. The van der Waals surface area contributed by atoms with Gasteiger partial charge in [0.05, 0.1) is 28.5 Å². The van der Waals surface area contributed by atoms with Crippen LogP contribution in [0.5, 0.6) is 0 Å². The molecule has 0 saturated heterocycles. The zero-order valence-corrected chi connectivity index (χ0v) is 15.5. The maximum Gasteiger partial charge on any atom is 0.279 e. The predicted molar refractivity (Wildman–Crippen MR) is 102 cm³/mol. The van der Waals surface area contributed by atoms with E-state index in [2.05, 4.69) is 10.6 Å². The van der Waals surface area contributed by atoms with E-state index in [-0.39, 0.29) is 24.9 Å². The number of quaternary nitrogens is 1. The van der Waals surface area contributed by atoms with Crippen LogP contribution in [0.3, 0.4) is 0 Å². The Hall–Kier alpha value is -2.08. The molecule has 25 heavy (non-hydrogen) atoms. The fourth-order valence-corrected chi connectivity index (χ4v) is 2.75. The highest BCUT2D eigenvalue weighted by atomic mass is 35.5. The molecule has 0 bridgehead atoms. The van der Waals surface area contributed by atoms with Crippen LogP contribution in [0.2, 0.25) is 10.0 Å². The smallest absolute Gasteiger partial charge is 0.279 e. The molecule has 0 aliphatic heterocycles. The minimum Gasteiger partial charge on any atom is -0.322 e. The predicted octanol–water partition coefficient (Wildman–Crippen LogP) is 2.39. The van der Waals surface area contributed by atoms with Crippen molar-refractivity contribution in [3.63, 3.8) is 0 Å². The summed E-state index contributed by atoms with van der Waals surface area (Å²) in [7, 11) is 1.77. The summed E-state index contributed by atoms with van der Waals surface area (Å²) in [5.41, 5.74) is 2.13. The molecule has 0 heterocycles. The van der Waals surface area contributed by atoms with Gasteiger partial charge >= 0.3 is 0 Å². The first-order valence-electron chi connectivity index (χ1n) is 7.77. The van der Waals surface area contributed by atoms with E-state index in [9.17, 15) is 9.59 Å². The molecule has 2 rings (SSSR count). The van der Waals surface area contributed by atoms with Gasteiger partial charge in [-0.05, 0) is 36.8 Å². The zero-order valence-electron chi connectivity index (χ0n) is 14.0. The van der Waals surface area contributed by atoms with Gasteiger partial charge in [0, 0.05) is 0 Å². The highest BCUT2D eigenvalue weighted by Gasteiger charge is 2.16. The van der Waals surface area contributed by atoms with E-state index in [4.69, 9.17) is 23.2 Å². The summed E-state index contributed by atoms with van der Waals surface area (Å²) in [6.07, 6.45) is 0. The van der Waals surface area contributed by atoms with Crippen molar-refractivity contribution >= 4 is 46.4 Å². The Labute approximate surface area is 156 Å². The first-order chi connectivity index (χ1) is 11.8. The van der Waals surface area contributed by atoms with Crippen LogP contribution in [0, 0.1) is 6.92 Å². The lowest BCUT2D eigenvalue weighted by Crippen LogP contribution is -3.11. The Morgan fingerprint density at radius 2 is 1.48 bits per heavy atom. The van der Waals surface area contributed by atoms with Gasteiger partial charge in [-0.2, -0.15) is 0 Å². The summed E-state index contributed by atoms with van der Waals surface area (Å²) < 4.78 is 0. The van der Waals surface area contributed by atoms with Gasteiger partial charge in [-0.3, -0.25) is 9.59 Å². The monoisotopic (exact) mass is 380 g/mol. The second-order valence-corrected chi connectivity index (χ2v) is 6.68. The van der Waals surface area contributed by atoms with E-state index in [1.54, 1.807) is 43.4 Å². The molecule has 2 amide bonds. The van der Waals surface area contributed by atoms with Gasteiger partial charge in [0.25, 0.3) is 11.8 Å². The van der Waals surface area contributed by atoms with Crippen molar-refractivity contribution < 1.29 is 14.5 Å². The van der Waals surface area contributed by atoms with E-state index < -0.39 is 0 Å². The van der Waals surface area contributed by atoms with E-state index in [1.165, 1.54) is 0 Å². The molecule has 0 saturated carbocycles. The SMILES string of the molecule is Cc1ccc(NC(=O)C[NH+](C)CC(=O)Nc2ccccc2Cl)c(Cl)c1. The first-order valence-corrected chi connectivity index (χ1v) is 8.52. The maximum absolute atomic E-state index is 12.1. The van der Waals surface area contributed by atoms with Crippen LogP contribution in [0.4, 0.5) is 11.4 Å². The number of hydrogen-bond acceptors (Lipinski definition) is 2. The third-order valence-corrected chi connectivity index (χ3v) is 4.11. The Morgan fingerprint density at radius 1 is 0.920 bits per heavy atom. The molecule has 3 N–H and O–H groups in total. The number of hydrogen-bond donors (Lipinski definition) is 3. The first kappa shape index (κ1) is 19.2. The largest absolute Gasteiger partial charge is 0.322 e. The summed E-state index contributed by atoms with van der Waals surface area (Å²) in [5.74, 6) is -0.430. The average molecular weight is 381 g/mol. The molecule has 0 aliphatic rings. The zero-order chi connectivity index (χ0) is 18.4. The number of anilines is 2. The van der Waals surface area contributed by atoms with Crippen molar-refractivity contribution in [1.82, 2.24) is 0 Å². The number of aryl methyl sites for hydroxylation is 1. The van der Waals surface area contributed by atoms with Crippen LogP contribution in [0.15, 0.2) is 42.5 Å². The summed E-state index contributed by atoms with van der Waals surface area (Å²) in [5, 5.41) is 6.45. The van der Waals surface area contributed by atoms with Gasteiger partial charge in [0.1, 0.15) is 0 Å². The second-order valence-electron chi connectivity index (χ2n) is 5.87. The Bertz CT molecular complexity index is 781. The Kier molecular flexibility index (Phi) is 6.82. The van der Waals surface area contributed by atoms with Gasteiger partial charge in [-0.25, -0.2) is 0 Å². The summed E-state index contributed by atoms with van der Waals surface area (Å²) in [6.45, 7) is 2.20. The molecular formula is C18H20Cl2N3O2+. The quantitative estimate of drug-likeness (QED) is 0.720. The second kappa shape index (κ2) is 8.85. The number of para-hydroxylation sites is 1. The standard InChI is InChI=1S/C18H19Cl2N3O2/c1-12-7-8-16(14(20)9-12)22-18(25)11-23(2)10-17(24)21-15-6-4-3-5-13(15)19/h3-9H,10-11H2,1-2H3,(H,21,24)(H,22,25)/p+1. The van der Waals surface area contributed by atoms with Crippen molar-refractivity contribution in [1.29, 1.82) is 0 Å². The van der Waals surface area contributed by atoms with Crippen molar-refractivity contribution in [3.8, 4) is 0 Å². The number of rotatable bonds is 6. The Morgan fingerprint density at radius 3 is 2.04 bits per heavy atom. The van der Waals surface area contributed by atoms with Crippen molar-refractivity contribution in [3.05, 3.63) is 58.1 Å². The lowest BCUT2D eigenvalue weighted by Gasteiger charge is -2.14. The van der Waals surface area contributed by atoms with Crippen LogP contribution in [-0.4, -0.2) is 32.0 Å². The van der Waals surface area contributed by atoms with Gasteiger partial charge < -0.3 is 15.5 Å². The molecule has 2 aromatic rings. The van der Waals surface area contributed by atoms with E-state index in [0.717, 1.165) is 10.5 Å². The van der Waals surface area contributed by atoms with Gasteiger partial charge in [0.15, 0.2) is 13.1 Å². The summed E-state index contributed by atoms with van der Waals surface area (Å²) >= 11 is 12.1. The molecule has 0 radical (unpaired) electrons. The molecule has 0 fully saturated rings. The molecule has 0 aromatic heterocycles. The lowest BCUT2D eigenvalue weighted by molar-refractivity contribution is -0.862. The number of amides is 2. The number of likely N-dealkylation sites (N-methyl/N-ethyl adjacent to an activating group) is 1. The van der Waals surface area contributed by atoms with Crippen LogP contribution < -0.4 is 15.5 Å². The highest BCUT2D eigenvalue weighted by Crippen LogP contribution is 2.22. The van der Waals surface area contributed by atoms with E-state index >= 15 is 0 Å². The number of nitrogens with one attached hydrogen (secondary N) is 3. The lowest BCUT2D eigenvalue weighted by atomic mass is 10.2. The van der Waals surface area contributed by atoms with Gasteiger partial charge in [0.2, 0.25) is 0 Å². The van der Waals surface area contributed by atoms with Gasteiger partial charge in [-0.15, -0.1) is 0 Å². The fraction of sp³-hybridized carbons (Fsp3) is 0.222. The molecule has 2 aromatic carbocycles. The van der Waals surface area contributed by atoms with Crippen molar-refractivity contribution in [2.75, 3.05) is 30.8 Å².